The number of amides is 1. The van der Waals surface area contributed by atoms with Gasteiger partial charge in [-0.3, -0.25) is 4.79 Å². The van der Waals surface area contributed by atoms with Crippen LogP contribution in [0.4, 0.5) is 5.69 Å². The van der Waals surface area contributed by atoms with Crippen molar-refractivity contribution in [2.75, 3.05) is 39.5 Å². The van der Waals surface area contributed by atoms with Crippen LogP contribution in [0.1, 0.15) is 63.0 Å². The molecule has 1 amide bonds. The van der Waals surface area contributed by atoms with Gasteiger partial charge < -0.3 is 15.5 Å². The summed E-state index contributed by atoms with van der Waals surface area (Å²) in [6, 6.07) is 6.59. The number of anilines is 1. The molecule has 1 heterocycles. The zero-order valence-electron chi connectivity index (χ0n) is 17.4. The van der Waals surface area contributed by atoms with Crippen molar-refractivity contribution in [2.24, 2.45) is 5.41 Å². The minimum Gasteiger partial charge on any atom is -0.398 e. The molecule has 1 aromatic carbocycles. The van der Waals surface area contributed by atoms with Gasteiger partial charge in [0.15, 0.2) is 0 Å². The molecule has 0 unspecified atom stereocenters. The molecule has 4 nitrogen and oxygen atoms in total. The van der Waals surface area contributed by atoms with Crippen molar-refractivity contribution in [3.05, 3.63) is 35.4 Å². The molecule has 0 radical (unpaired) electrons. The average molecular weight is 370 g/mol. The molecule has 4 heteroatoms. The number of hydrogen-bond donors (Lipinski definition) is 1. The number of carbonyl (C=O) groups is 1. The third-order valence-electron chi connectivity index (χ3n) is 6.17. The molecule has 2 N–H and O–H groups in total. The number of carbonyl (C=O) groups excluding carboxylic acids is 1. The lowest BCUT2D eigenvalue weighted by Gasteiger charge is -2.33. The number of benzene rings is 1. The Morgan fingerprint density at radius 2 is 1.96 bits per heavy atom. The molecule has 0 aromatic heterocycles. The van der Waals surface area contributed by atoms with Crippen molar-refractivity contribution in [2.45, 2.75) is 51.9 Å². The number of allylic oxidation sites excluding steroid dienone is 2. The Morgan fingerprint density at radius 3 is 2.56 bits per heavy atom. The summed E-state index contributed by atoms with van der Waals surface area (Å²) in [5.41, 5.74) is 11.6. The van der Waals surface area contributed by atoms with E-state index >= 15 is 0 Å². The fourth-order valence-electron chi connectivity index (χ4n) is 4.26. The summed E-state index contributed by atoms with van der Waals surface area (Å²) in [5.74, 6) is 0.764. The number of nitrogens with zero attached hydrogens (tertiary/aromatic N) is 2. The predicted octanol–water partition coefficient (Wildman–Crippen LogP) is 4.13. The van der Waals surface area contributed by atoms with Crippen molar-refractivity contribution in [3.63, 3.8) is 0 Å². The molecule has 1 fully saturated rings. The van der Waals surface area contributed by atoms with Gasteiger partial charge >= 0.3 is 0 Å². The summed E-state index contributed by atoms with van der Waals surface area (Å²) < 4.78 is 0. The van der Waals surface area contributed by atoms with Crippen molar-refractivity contribution in [3.8, 4) is 0 Å². The summed E-state index contributed by atoms with van der Waals surface area (Å²) in [7, 11) is 3.89. The fraction of sp³-hybridized carbons (Fsp3) is 0.609. The molecule has 2 aliphatic rings. The zero-order chi connectivity index (χ0) is 19.6. The molecule has 0 bridgehead atoms. The SMILES string of the molecule is CN(C)CC(=O)N1CCC(c2ccc(N)c(C3=CCC(C)(C)CC3)c2)CC1. The number of likely N-dealkylation sites (tertiary alicyclic amines) is 1. The van der Waals surface area contributed by atoms with Gasteiger partial charge in [-0.1, -0.05) is 26.0 Å². The van der Waals surface area contributed by atoms with Crippen molar-refractivity contribution < 1.29 is 4.79 Å². The second-order valence-electron chi connectivity index (χ2n) is 9.34. The van der Waals surface area contributed by atoms with E-state index < -0.39 is 0 Å². The largest absolute Gasteiger partial charge is 0.398 e. The van der Waals surface area contributed by atoms with Gasteiger partial charge in [0.05, 0.1) is 6.54 Å². The number of hydrogen-bond acceptors (Lipinski definition) is 3. The maximum atomic E-state index is 12.3. The molecule has 148 valence electrons. The quantitative estimate of drug-likeness (QED) is 0.812. The average Bonchev–Trinajstić information content (AvgIpc) is 2.62. The van der Waals surface area contributed by atoms with Crippen LogP contribution in [0.3, 0.4) is 0 Å². The fourth-order valence-corrected chi connectivity index (χ4v) is 4.26. The number of piperidine rings is 1. The molecule has 1 aromatic rings. The highest BCUT2D eigenvalue weighted by Crippen LogP contribution is 2.40. The first-order chi connectivity index (χ1) is 12.7. The predicted molar refractivity (Wildman–Crippen MR) is 114 cm³/mol. The highest BCUT2D eigenvalue weighted by molar-refractivity contribution is 5.78. The van der Waals surface area contributed by atoms with Crippen molar-refractivity contribution in [1.82, 2.24) is 9.80 Å². The first kappa shape index (κ1) is 19.9. The third-order valence-corrected chi connectivity index (χ3v) is 6.17. The highest BCUT2D eigenvalue weighted by atomic mass is 16.2. The smallest absolute Gasteiger partial charge is 0.236 e. The summed E-state index contributed by atoms with van der Waals surface area (Å²) in [5, 5.41) is 0. The molecule has 3 rings (SSSR count). The third kappa shape index (κ3) is 4.92. The monoisotopic (exact) mass is 369 g/mol. The normalized spacial score (nSPS) is 20.6. The van der Waals surface area contributed by atoms with Crippen LogP contribution in [0.5, 0.6) is 0 Å². The Bertz CT molecular complexity index is 712. The van der Waals surface area contributed by atoms with Crippen molar-refractivity contribution >= 4 is 17.2 Å². The van der Waals surface area contributed by atoms with Crippen molar-refractivity contribution in [1.29, 1.82) is 0 Å². The van der Waals surface area contributed by atoms with Crippen LogP contribution in [0.2, 0.25) is 0 Å². The standard InChI is InChI=1S/C23H35N3O/c1-23(2)11-7-18(8-12-23)20-15-19(5-6-21(20)24)17-9-13-26(14-10-17)22(27)16-25(3)4/h5-7,15,17H,8-14,16,24H2,1-4H3. The van der Waals surface area contributed by atoms with Gasteiger partial charge in [-0.15, -0.1) is 0 Å². The second kappa shape index (κ2) is 8.05. The molecule has 0 spiro atoms. The Balaban J connectivity index is 1.69. The highest BCUT2D eigenvalue weighted by Gasteiger charge is 2.26. The van der Waals surface area contributed by atoms with Crippen LogP contribution >= 0.6 is 0 Å². The lowest BCUT2D eigenvalue weighted by molar-refractivity contribution is -0.132. The van der Waals surface area contributed by atoms with Crippen LogP contribution in [0, 0.1) is 5.41 Å². The molecule has 0 saturated carbocycles. The maximum absolute atomic E-state index is 12.3. The number of nitrogens with two attached hydrogens (primary N) is 1. The Morgan fingerprint density at radius 1 is 1.26 bits per heavy atom. The van der Waals surface area contributed by atoms with Crippen LogP contribution in [-0.4, -0.2) is 49.4 Å². The van der Waals surface area contributed by atoms with Crippen LogP contribution in [0.15, 0.2) is 24.3 Å². The summed E-state index contributed by atoms with van der Waals surface area (Å²) in [6.07, 6.45) is 7.91. The van der Waals surface area contributed by atoms with E-state index in [0.29, 0.717) is 17.9 Å². The first-order valence-corrected chi connectivity index (χ1v) is 10.3. The van der Waals surface area contributed by atoms with Gasteiger partial charge in [-0.25, -0.2) is 0 Å². The van der Waals surface area contributed by atoms with Crippen LogP contribution < -0.4 is 5.73 Å². The Hall–Kier alpha value is -1.81. The lowest BCUT2D eigenvalue weighted by atomic mass is 9.76. The minimum absolute atomic E-state index is 0.242. The molecule has 0 atom stereocenters. The van der Waals surface area contributed by atoms with E-state index in [2.05, 4.69) is 38.1 Å². The summed E-state index contributed by atoms with van der Waals surface area (Å²) in [6.45, 7) is 6.89. The topological polar surface area (TPSA) is 49.6 Å². The Labute approximate surface area is 164 Å². The van der Waals surface area contributed by atoms with Crippen LogP contribution in [0.25, 0.3) is 5.57 Å². The Kier molecular flexibility index (Phi) is 5.95. The molecule has 27 heavy (non-hydrogen) atoms. The van der Waals surface area contributed by atoms with Gasteiger partial charge in [0, 0.05) is 24.3 Å². The minimum atomic E-state index is 0.242. The van der Waals surface area contributed by atoms with Gasteiger partial charge in [0.25, 0.3) is 0 Å². The molecule has 1 saturated heterocycles. The van der Waals surface area contributed by atoms with E-state index in [1.54, 1.807) is 0 Å². The van der Waals surface area contributed by atoms with E-state index in [0.717, 1.165) is 44.5 Å². The number of likely N-dealkylation sites (N-methyl/N-ethyl adjacent to an activating group) is 1. The van der Waals surface area contributed by atoms with E-state index in [1.165, 1.54) is 23.1 Å². The van der Waals surface area contributed by atoms with Gasteiger partial charge in [0.1, 0.15) is 0 Å². The van der Waals surface area contributed by atoms with Crippen LogP contribution in [-0.2, 0) is 4.79 Å². The maximum Gasteiger partial charge on any atom is 0.236 e. The van der Waals surface area contributed by atoms with E-state index in [1.807, 2.05) is 23.9 Å². The molecular formula is C23H35N3O. The summed E-state index contributed by atoms with van der Waals surface area (Å²) >= 11 is 0. The van der Waals surface area contributed by atoms with E-state index in [-0.39, 0.29) is 5.91 Å². The summed E-state index contributed by atoms with van der Waals surface area (Å²) in [4.78, 5) is 16.2. The zero-order valence-corrected chi connectivity index (χ0v) is 17.4. The number of nitrogen functional groups attached to an aromatic ring is 1. The molecule has 1 aliphatic carbocycles. The van der Waals surface area contributed by atoms with E-state index in [4.69, 9.17) is 5.73 Å². The number of rotatable bonds is 4. The lowest BCUT2D eigenvalue weighted by Crippen LogP contribution is -2.42. The van der Waals surface area contributed by atoms with E-state index in [9.17, 15) is 4.79 Å². The first-order valence-electron chi connectivity index (χ1n) is 10.3. The molecular weight excluding hydrogens is 334 g/mol. The van der Waals surface area contributed by atoms with Gasteiger partial charge in [0.2, 0.25) is 5.91 Å². The van der Waals surface area contributed by atoms with Gasteiger partial charge in [-0.05, 0) is 80.8 Å². The van der Waals surface area contributed by atoms with Gasteiger partial charge in [-0.2, -0.15) is 0 Å². The second-order valence-corrected chi connectivity index (χ2v) is 9.34. The molecule has 1 aliphatic heterocycles.